The second-order valence-corrected chi connectivity index (χ2v) is 4.29. The molecular weight excluding hydrogens is 281 g/mol. The molecule has 108 valence electrons. The van der Waals surface area contributed by atoms with Crippen LogP contribution in [-0.4, -0.2) is 18.7 Å². The lowest BCUT2D eigenvalue weighted by Crippen LogP contribution is -2.31. The van der Waals surface area contributed by atoms with Crippen LogP contribution in [0.1, 0.15) is 18.5 Å². The lowest BCUT2D eigenvalue weighted by Gasteiger charge is -2.16. The molecule has 2 aromatic carbocycles. The Morgan fingerprint density at radius 3 is 2.55 bits per heavy atom. The number of nitrogens with two attached hydrogens (primary N) is 1. The number of hydrogen-bond donors (Lipinski definition) is 1. The molecule has 0 fully saturated rings. The quantitative estimate of drug-likeness (QED) is 0.882. The minimum Gasteiger partial charge on any atom is -0.464 e. The van der Waals surface area contributed by atoms with Gasteiger partial charge in [-0.1, -0.05) is 36.4 Å². The predicted molar refractivity (Wildman–Crippen MR) is 79.7 cm³/mol. The van der Waals surface area contributed by atoms with Gasteiger partial charge in [-0.3, -0.25) is 0 Å². The maximum absolute atomic E-state index is 13.9. The van der Waals surface area contributed by atoms with Gasteiger partial charge < -0.3 is 10.5 Å². The summed E-state index contributed by atoms with van der Waals surface area (Å²) in [5, 5.41) is 2.01. The molecular formula is C15H17ClFNO2. The van der Waals surface area contributed by atoms with E-state index in [2.05, 4.69) is 4.74 Å². The van der Waals surface area contributed by atoms with E-state index in [0.717, 1.165) is 10.8 Å². The zero-order valence-corrected chi connectivity index (χ0v) is 11.9. The molecule has 0 saturated carbocycles. The summed E-state index contributed by atoms with van der Waals surface area (Å²) in [6.07, 6.45) is -1.85. The van der Waals surface area contributed by atoms with Crippen molar-refractivity contribution in [1.82, 2.24) is 0 Å². The molecule has 2 N–H and O–H groups in total. The Hall–Kier alpha value is -1.65. The number of carbonyl (C=O) groups excluding carboxylic acids is 1. The summed E-state index contributed by atoms with van der Waals surface area (Å²) in [4.78, 5) is 11.3. The van der Waals surface area contributed by atoms with Gasteiger partial charge in [0.25, 0.3) is 0 Å². The van der Waals surface area contributed by atoms with E-state index in [4.69, 9.17) is 5.73 Å². The average Bonchev–Trinajstić information content (AvgIpc) is 2.45. The molecule has 0 saturated heterocycles. The Bertz CT molecular complexity index is 591. The van der Waals surface area contributed by atoms with Gasteiger partial charge in [0.15, 0.2) is 0 Å². The first-order valence-electron chi connectivity index (χ1n) is 6.18. The third kappa shape index (κ3) is 3.46. The van der Waals surface area contributed by atoms with Gasteiger partial charge in [-0.05, 0) is 29.3 Å². The van der Waals surface area contributed by atoms with Crippen molar-refractivity contribution in [2.75, 3.05) is 6.61 Å². The molecule has 0 amide bonds. The largest absolute Gasteiger partial charge is 0.464 e. The summed E-state index contributed by atoms with van der Waals surface area (Å²) in [6, 6.07) is 12.1. The van der Waals surface area contributed by atoms with Gasteiger partial charge in [0.1, 0.15) is 0 Å². The third-order valence-corrected chi connectivity index (χ3v) is 2.99. The van der Waals surface area contributed by atoms with Gasteiger partial charge in [-0.25, -0.2) is 9.18 Å². The van der Waals surface area contributed by atoms with E-state index in [-0.39, 0.29) is 19.0 Å². The van der Waals surface area contributed by atoms with Gasteiger partial charge in [0.05, 0.1) is 12.6 Å². The highest BCUT2D eigenvalue weighted by Gasteiger charge is 2.27. The maximum atomic E-state index is 13.9. The van der Waals surface area contributed by atoms with Crippen LogP contribution in [0.2, 0.25) is 0 Å². The lowest BCUT2D eigenvalue weighted by molar-refractivity contribution is -0.149. The molecule has 2 rings (SSSR count). The monoisotopic (exact) mass is 297 g/mol. The van der Waals surface area contributed by atoms with Gasteiger partial charge in [-0.2, -0.15) is 0 Å². The molecule has 2 atom stereocenters. The van der Waals surface area contributed by atoms with Crippen LogP contribution in [0.4, 0.5) is 4.39 Å². The van der Waals surface area contributed by atoms with Gasteiger partial charge in [-0.15, -0.1) is 12.4 Å². The molecule has 20 heavy (non-hydrogen) atoms. The topological polar surface area (TPSA) is 52.3 Å². The van der Waals surface area contributed by atoms with Crippen LogP contribution in [0.15, 0.2) is 42.5 Å². The predicted octanol–water partition coefficient (Wildman–Crippen LogP) is 3.16. The Labute approximate surface area is 123 Å². The van der Waals surface area contributed by atoms with Crippen LogP contribution in [-0.2, 0) is 9.53 Å². The number of esters is 1. The van der Waals surface area contributed by atoms with E-state index in [1.54, 1.807) is 19.1 Å². The van der Waals surface area contributed by atoms with E-state index in [1.807, 2.05) is 30.3 Å². The second-order valence-electron chi connectivity index (χ2n) is 4.29. The number of carbonyl (C=O) groups is 1. The lowest BCUT2D eigenvalue weighted by atomic mass is 9.99. The zero-order valence-electron chi connectivity index (χ0n) is 11.1. The fourth-order valence-electron chi connectivity index (χ4n) is 1.95. The molecule has 0 spiro atoms. The van der Waals surface area contributed by atoms with Crippen molar-refractivity contribution in [1.29, 1.82) is 0 Å². The number of halogens is 2. The van der Waals surface area contributed by atoms with Crippen LogP contribution in [0.5, 0.6) is 0 Å². The number of ether oxygens (including phenoxy) is 1. The first kappa shape index (κ1) is 16.4. The molecule has 0 bridgehead atoms. The molecule has 0 aliphatic heterocycles. The van der Waals surface area contributed by atoms with E-state index in [9.17, 15) is 9.18 Å². The summed E-state index contributed by atoms with van der Waals surface area (Å²) >= 11 is 0. The standard InChI is InChI=1S/C15H16FNO2.ClH/c1-2-19-15(18)13(16)14(17)12-8-7-10-5-3-4-6-11(10)9-12;/h3-9,13-14H,2,17H2,1H3;1H/t13?,14-;/m0./s1. The Morgan fingerprint density at radius 1 is 1.25 bits per heavy atom. The Kier molecular flexibility index (Phi) is 5.92. The van der Waals surface area contributed by atoms with Crippen molar-refractivity contribution >= 4 is 29.1 Å². The van der Waals surface area contributed by atoms with E-state index in [0.29, 0.717) is 5.56 Å². The summed E-state index contributed by atoms with van der Waals surface area (Å²) in [5.74, 6) is -0.914. The number of alkyl halides is 1. The maximum Gasteiger partial charge on any atom is 0.342 e. The smallest absolute Gasteiger partial charge is 0.342 e. The van der Waals surface area contributed by atoms with E-state index in [1.165, 1.54) is 0 Å². The Balaban J connectivity index is 0.00000200. The summed E-state index contributed by atoms with van der Waals surface area (Å²) in [7, 11) is 0. The van der Waals surface area contributed by atoms with Gasteiger partial charge in [0.2, 0.25) is 6.17 Å². The summed E-state index contributed by atoms with van der Waals surface area (Å²) in [6.45, 7) is 1.77. The highest BCUT2D eigenvalue weighted by Crippen LogP contribution is 2.23. The third-order valence-electron chi connectivity index (χ3n) is 2.99. The first-order chi connectivity index (χ1) is 9.13. The first-order valence-corrected chi connectivity index (χ1v) is 6.18. The minimum atomic E-state index is -1.85. The molecule has 2 aromatic rings. The minimum absolute atomic E-state index is 0. The number of hydrogen-bond acceptors (Lipinski definition) is 3. The van der Waals surface area contributed by atoms with Crippen molar-refractivity contribution in [3.8, 4) is 0 Å². The number of rotatable bonds is 4. The van der Waals surface area contributed by atoms with Gasteiger partial charge >= 0.3 is 5.97 Å². The van der Waals surface area contributed by atoms with Crippen molar-refractivity contribution in [2.45, 2.75) is 19.1 Å². The van der Waals surface area contributed by atoms with E-state index < -0.39 is 18.2 Å². The van der Waals surface area contributed by atoms with Crippen molar-refractivity contribution in [3.63, 3.8) is 0 Å². The Morgan fingerprint density at radius 2 is 1.90 bits per heavy atom. The molecule has 0 aliphatic carbocycles. The van der Waals surface area contributed by atoms with E-state index >= 15 is 0 Å². The average molecular weight is 298 g/mol. The normalized spacial score (nSPS) is 13.3. The highest BCUT2D eigenvalue weighted by atomic mass is 35.5. The fourth-order valence-corrected chi connectivity index (χ4v) is 1.95. The zero-order chi connectivity index (χ0) is 13.8. The van der Waals surface area contributed by atoms with Crippen LogP contribution >= 0.6 is 12.4 Å². The molecule has 0 aromatic heterocycles. The molecule has 5 heteroatoms. The van der Waals surface area contributed by atoms with Crippen LogP contribution in [0.3, 0.4) is 0 Å². The van der Waals surface area contributed by atoms with Crippen LogP contribution in [0.25, 0.3) is 10.8 Å². The molecule has 1 unspecified atom stereocenters. The fraction of sp³-hybridized carbons (Fsp3) is 0.267. The van der Waals surface area contributed by atoms with Crippen LogP contribution in [0, 0.1) is 0 Å². The molecule has 0 aliphatic rings. The number of fused-ring (bicyclic) bond motifs is 1. The van der Waals surface area contributed by atoms with Crippen molar-refractivity contribution < 1.29 is 13.9 Å². The van der Waals surface area contributed by atoms with Crippen molar-refractivity contribution in [2.24, 2.45) is 5.73 Å². The second kappa shape index (κ2) is 7.22. The number of benzene rings is 2. The molecule has 0 heterocycles. The SMILES string of the molecule is CCOC(=O)C(F)[C@@H](N)c1ccc2ccccc2c1.Cl. The highest BCUT2D eigenvalue weighted by molar-refractivity contribution is 5.85. The molecule has 3 nitrogen and oxygen atoms in total. The van der Waals surface area contributed by atoms with Crippen LogP contribution < -0.4 is 5.73 Å². The summed E-state index contributed by atoms with van der Waals surface area (Å²) in [5.41, 5.74) is 6.37. The summed E-state index contributed by atoms with van der Waals surface area (Å²) < 4.78 is 18.5. The van der Waals surface area contributed by atoms with Gasteiger partial charge in [0, 0.05) is 0 Å². The van der Waals surface area contributed by atoms with Crippen molar-refractivity contribution in [3.05, 3.63) is 48.0 Å². The molecule has 0 radical (unpaired) electrons.